The summed E-state index contributed by atoms with van der Waals surface area (Å²) in [5, 5.41) is 6.44. The Hall–Kier alpha value is -2.57. The molecular formula is C24H34F3N5O3S. The lowest BCUT2D eigenvalue weighted by atomic mass is 9.98. The van der Waals surface area contributed by atoms with Crippen molar-refractivity contribution in [2.24, 2.45) is 5.92 Å². The summed E-state index contributed by atoms with van der Waals surface area (Å²) < 4.78 is 67.2. The first-order valence-electron chi connectivity index (χ1n) is 11.9. The van der Waals surface area contributed by atoms with E-state index >= 15 is 0 Å². The number of ether oxygens (including phenoxy) is 1. The quantitative estimate of drug-likeness (QED) is 0.591. The van der Waals surface area contributed by atoms with Crippen LogP contribution >= 0.6 is 0 Å². The molecule has 1 aromatic heterocycles. The van der Waals surface area contributed by atoms with Gasteiger partial charge >= 0.3 is 6.61 Å². The van der Waals surface area contributed by atoms with E-state index in [0.717, 1.165) is 38.1 Å². The summed E-state index contributed by atoms with van der Waals surface area (Å²) in [6.07, 6.45) is 2.40. The molecule has 2 saturated heterocycles. The van der Waals surface area contributed by atoms with Gasteiger partial charge in [-0.3, -0.25) is 0 Å². The fraction of sp³-hybridized carbons (Fsp3) is 0.542. The molecule has 1 atom stereocenters. The Morgan fingerprint density at radius 3 is 2.25 bits per heavy atom. The summed E-state index contributed by atoms with van der Waals surface area (Å²) in [6, 6.07) is 7.32. The van der Waals surface area contributed by atoms with Gasteiger partial charge in [0.15, 0.2) is 9.84 Å². The molecule has 0 unspecified atom stereocenters. The van der Waals surface area contributed by atoms with Gasteiger partial charge in [0, 0.05) is 81.7 Å². The molecule has 0 bridgehead atoms. The van der Waals surface area contributed by atoms with Crippen molar-refractivity contribution in [3.05, 3.63) is 42.3 Å². The van der Waals surface area contributed by atoms with Gasteiger partial charge in [-0.1, -0.05) is 13.8 Å². The molecule has 4 rings (SSSR count). The highest BCUT2D eigenvalue weighted by Crippen LogP contribution is 2.30. The van der Waals surface area contributed by atoms with E-state index in [2.05, 4.69) is 25.3 Å². The van der Waals surface area contributed by atoms with Gasteiger partial charge in [0.2, 0.25) is 5.88 Å². The van der Waals surface area contributed by atoms with E-state index in [1.165, 1.54) is 24.4 Å². The molecule has 2 N–H and O–H groups in total. The lowest BCUT2D eigenvalue weighted by Crippen LogP contribution is -2.55. The second kappa shape index (κ2) is 12.6. The average Bonchev–Trinajstić information content (AvgIpc) is 2.84. The normalized spacial score (nSPS) is 18.7. The largest absolute Gasteiger partial charge is 0.417 e. The second-order valence-electron chi connectivity index (χ2n) is 9.07. The van der Waals surface area contributed by atoms with E-state index in [4.69, 9.17) is 0 Å². The Labute approximate surface area is 210 Å². The molecule has 0 spiro atoms. The number of sulfone groups is 1. The number of aromatic nitrogens is 1. The Bertz CT molecular complexity index is 1090. The molecule has 2 aliphatic rings. The van der Waals surface area contributed by atoms with E-state index < -0.39 is 22.3 Å². The highest BCUT2D eigenvalue weighted by atomic mass is 32.2. The van der Waals surface area contributed by atoms with Crippen LogP contribution in [0.15, 0.2) is 41.4 Å². The molecule has 12 heteroatoms. The van der Waals surface area contributed by atoms with Gasteiger partial charge in [0.05, 0.1) is 0 Å². The fourth-order valence-electron chi connectivity index (χ4n) is 4.25. The van der Waals surface area contributed by atoms with Crippen molar-refractivity contribution in [1.82, 2.24) is 15.6 Å². The van der Waals surface area contributed by atoms with Crippen LogP contribution in [0.5, 0.6) is 5.88 Å². The van der Waals surface area contributed by atoms with Crippen LogP contribution in [0.4, 0.5) is 24.5 Å². The predicted molar refractivity (Wildman–Crippen MR) is 134 cm³/mol. The topological polar surface area (TPSA) is 86.8 Å². The fourth-order valence-corrected chi connectivity index (χ4v) is 5.00. The van der Waals surface area contributed by atoms with Gasteiger partial charge in [-0.05, 0) is 30.2 Å². The van der Waals surface area contributed by atoms with Crippen molar-refractivity contribution in [2.45, 2.75) is 31.4 Å². The van der Waals surface area contributed by atoms with Crippen molar-refractivity contribution in [1.29, 1.82) is 0 Å². The minimum atomic E-state index is -3.69. The summed E-state index contributed by atoms with van der Waals surface area (Å²) in [5.74, 6) is -0.720. The molecular weight excluding hydrogens is 495 g/mol. The third-order valence-corrected chi connectivity index (χ3v) is 7.20. The summed E-state index contributed by atoms with van der Waals surface area (Å²) in [6.45, 7) is 7.36. The first-order chi connectivity index (χ1) is 17.1. The SMILES string of the molecule is C1CNCCN1.CC(C)[C@@H]1CN(c2ccc(F)c(S(C)(=O)=O)c2)CCN1c1ccnc(OC(F)F)c1. The van der Waals surface area contributed by atoms with Crippen LogP contribution in [0.1, 0.15) is 13.8 Å². The van der Waals surface area contributed by atoms with E-state index in [1.807, 2.05) is 18.7 Å². The molecule has 2 aromatic rings. The summed E-state index contributed by atoms with van der Waals surface area (Å²) in [5.41, 5.74) is 1.34. The van der Waals surface area contributed by atoms with Crippen LogP contribution in [-0.4, -0.2) is 78.1 Å². The number of nitrogens with zero attached hydrogens (tertiary/aromatic N) is 3. The number of alkyl halides is 2. The van der Waals surface area contributed by atoms with Crippen LogP contribution in [-0.2, 0) is 9.84 Å². The number of hydrogen-bond acceptors (Lipinski definition) is 8. The number of anilines is 2. The lowest BCUT2D eigenvalue weighted by molar-refractivity contribution is -0.0528. The summed E-state index contributed by atoms with van der Waals surface area (Å²) in [4.78, 5) is 7.60. The van der Waals surface area contributed by atoms with Crippen molar-refractivity contribution in [3.63, 3.8) is 0 Å². The molecule has 200 valence electrons. The van der Waals surface area contributed by atoms with E-state index in [-0.39, 0.29) is 22.7 Å². The Morgan fingerprint density at radius 2 is 1.69 bits per heavy atom. The van der Waals surface area contributed by atoms with Gasteiger partial charge in [-0.15, -0.1) is 0 Å². The Morgan fingerprint density at radius 1 is 1.03 bits per heavy atom. The van der Waals surface area contributed by atoms with Gasteiger partial charge in [-0.25, -0.2) is 17.8 Å². The molecule has 2 aliphatic heterocycles. The molecule has 8 nitrogen and oxygen atoms in total. The van der Waals surface area contributed by atoms with Gasteiger partial charge in [0.1, 0.15) is 10.7 Å². The number of benzene rings is 1. The predicted octanol–water partition coefficient (Wildman–Crippen LogP) is 2.76. The van der Waals surface area contributed by atoms with Gasteiger partial charge in [-0.2, -0.15) is 8.78 Å². The zero-order chi connectivity index (χ0) is 26.3. The number of pyridine rings is 1. The van der Waals surface area contributed by atoms with Crippen molar-refractivity contribution >= 4 is 21.2 Å². The van der Waals surface area contributed by atoms with Crippen molar-refractivity contribution < 1.29 is 26.3 Å². The van der Waals surface area contributed by atoms with Crippen LogP contribution in [0.25, 0.3) is 0 Å². The van der Waals surface area contributed by atoms with E-state index in [0.29, 0.717) is 25.3 Å². The van der Waals surface area contributed by atoms with Crippen LogP contribution in [0.3, 0.4) is 0 Å². The molecule has 0 aliphatic carbocycles. The first-order valence-corrected chi connectivity index (χ1v) is 13.8. The third-order valence-electron chi connectivity index (χ3n) is 6.08. The Balaban J connectivity index is 0.000000526. The van der Waals surface area contributed by atoms with Crippen LogP contribution in [0, 0.1) is 11.7 Å². The smallest absolute Gasteiger partial charge is 0.388 e. The number of hydrogen-bond donors (Lipinski definition) is 2. The summed E-state index contributed by atoms with van der Waals surface area (Å²) in [7, 11) is -3.69. The molecule has 0 radical (unpaired) electrons. The number of rotatable bonds is 6. The minimum Gasteiger partial charge on any atom is -0.417 e. The van der Waals surface area contributed by atoms with Crippen LogP contribution in [0.2, 0.25) is 0 Å². The standard InChI is InChI=1S/C20H24F3N3O3S.C4H10N2/c1-13(2)17-12-25(14-4-5-16(21)18(10-14)30(3,27)28)8-9-26(17)15-6-7-24-19(11-15)29-20(22)23;1-2-6-4-3-5-1/h4-7,10-11,13,17,20H,8-9,12H2,1-3H3;5-6H,1-4H2/t17-;/m0./s1. The van der Waals surface area contributed by atoms with E-state index in [9.17, 15) is 21.6 Å². The average molecular weight is 530 g/mol. The minimum absolute atomic E-state index is 0.00675. The number of halogens is 3. The number of nitrogens with one attached hydrogen (secondary N) is 2. The maximum Gasteiger partial charge on any atom is 0.388 e. The Kier molecular flexibility index (Phi) is 9.80. The first kappa shape index (κ1) is 28.0. The van der Waals surface area contributed by atoms with Gasteiger partial charge in [0.25, 0.3) is 0 Å². The molecule has 0 amide bonds. The van der Waals surface area contributed by atoms with E-state index in [1.54, 1.807) is 12.1 Å². The second-order valence-corrected chi connectivity index (χ2v) is 11.1. The highest BCUT2D eigenvalue weighted by Gasteiger charge is 2.30. The molecule has 1 aromatic carbocycles. The molecule has 2 fully saturated rings. The lowest BCUT2D eigenvalue weighted by Gasteiger charge is -2.45. The maximum absolute atomic E-state index is 14.0. The zero-order valence-corrected chi connectivity index (χ0v) is 21.6. The van der Waals surface area contributed by atoms with Crippen molar-refractivity contribution in [2.75, 3.05) is 61.9 Å². The molecule has 36 heavy (non-hydrogen) atoms. The third kappa shape index (κ3) is 7.71. The highest BCUT2D eigenvalue weighted by molar-refractivity contribution is 7.90. The monoisotopic (exact) mass is 529 g/mol. The summed E-state index contributed by atoms with van der Waals surface area (Å²) >= 11 is 0. The zero-order valence-electron chi connectivity index (χ0n) is 20.8. The maximum atomic E-state index is 14.0. The molecule has 0 saturated carbocycles. The van der Waals surface area contributed by atoms with Crippen LogP contribution < -0.4 is 25.2 Å². The van der Waals surface area contributed by atoms with Gasteiger partial charge < -0.3 is 25.2 Å². The molecule has 3 heterocycles. The van der Waals surface area contributed by atoms with Crippen molar-refractivity contribution in [3.8, 4) is 5.88 Å². The number of piperazine rings is 2.